The van der Waals surface area contributed by atoms with Gasteiger partial charge in [0.05, 0.1) is 0 Å². The summed E-state index contributed by atoms with van der Waals surface area (Å²) in [5.41, 5.74) is 1.32. The fourth-order valence-corrected chi connectivity index (χ4v) is 2.31. The molecular weight excluding hydrogens is 275 g/mol. The van der Waals surface area contributed by atoms with Gasteiger partial charge in [-0.2, -0.15) is 0 Å². The molecule has 4 heteroatoms. The SMILES string of the molecule is CCCNC(Cc1cc(F)cc(F)c1)c1cccc(F)c1. The topological polar surface area (TPSA) is 12.0 Å². The maximum atomic E-state index is 13.4. The molecule has 112 valence electrons. The van der Waals surface area contributed by atoms with Crippen LogP contribution in [0.5, 0.6) is 0 Å². The normalized spacial score (nSPS) is 12.4. The van der Waals surface area contributed by atoms with E-state index in [0.29, 0.717) is 12.0 Å². The van der Waals surface area contributed by atoms with Gasteiger partial charge in [-0.3, -0.25) is 0 Å². The molecule has 0 amide bonds. The summed E-state index contributed by atoms with van der Waals surface area (Å²) in [7, 11) is 0. The van der Waals surface area contributed by atoms with Gasteiger partial charge in [0.2, 0.25) is 0 Å². The molecule has 0 heterocycles. The highest BCUT2D eigenvalue weighted by Crippen LogP contribution is 2.20. The van der Waals surface area contributed by atoms with Crippen LogP contribution in [-0.2, 0) is 6.42 Å². The molecule has 2 rings (SSSR count). The van der Waals surface area contributed by atoms with E-state index in [-0.39, 0.29) is 11.9 Å². The summed E-state index contributed by atoms with van der Waals surface area (Å²) in [6, 6.07) is 9.56. The molecule has 2 aromatic rings. The smallest absolute Gasteiger partial charge is 0.126 e. The van der Waals surface area contributed by atoms with E-state index in [0.717, 1.165) is 24.6 Å². The van der Waals surface area contributed by atoms with Gasteiger partial charge in [0.25, 0.3) is 0 Å². The lowest BCUT2D eigenvalue weighted by Crippen LogP contribution is -2.24. The van der Waals surface area contributed by atoms with Crippen LogP contribution in [0.4, 0.5) is 13.2 Å². The fraction of sp³-hybridized carbons (Fsp3) is 0.294. The second-order valence-electron chi connectivity index (χ2n) is 5.04. The Morgan fingerprint density at radius 1 is 0.952 bits per heavy atom. The van der Waals surface area contributed by atoms with Crippen LogP contribution in [0.25, 0.3) is 0 Å². The highest BCUT2D eigenvalue weighted by molar-refractivity contribution is 5.25. The van der Waals surface area contributed by atoms with Gasteiger partial charge in [0.1, 0.15) is 17.5 Å². The van der Waals surface area contributed by atoms with Gasteiger partial charge in [-0.25, -0.2) is 13.2 Å². The largest absolute Gasteiger partial charge is 0.310 e. The second kappa shape index (κ2) is 7.27. The van der Waals surface area contributed by atoms with Crippen molar-refractivity contribution < 1.29 is 13.2 Å². The molecule has 2 aromatic carbocycles. The van der Waals surface area contributed by atoms with Crippen molar-refractivity contribution in [2.24, 2.45) is 0 Å². The third-order valence-corrected chi connectivity index (χ3v) is 3.25. The molecule has 0 radical (unpaired) electrons. The van der Waals surface area contributed by atoms with Gasteiger partial charge in [-0.1, -0.05) is 19.1 Å². The molecule has 0 aliphatic rings. The molecule has 1 N–H and O–H groups in total. The molecule has 0 aliphatic heterocycles. The molecule has 0 bridgehead atoms. The standard InChI is InChI=1S/C17H18F3N/c1-2-6-21-17(13-4-3-5-14(18)10-13)9-12-7-15(19)11-16(20)8-12/h3-5,7-8,10-11,17,21H,2,6,9H2,1H3. The van der Waals surface area contributed by atoms with Gasteiger partial charge < -0.3 is 5.32 Å². The minimum atomic E-state index is -0.599. The van der Waals surface area contributed by atoms with Gasteiger partial charge in [-0.05, 0) is 54.8 Å². The lowest BCUT2D eigenvalue weighted by molar-refractivity contribution is 0.518. The Bertz CT molecular complexity index is 578. The van der Waals surface area contributed by atoms with E-state index in [1.54, 1.807) is 6.07 Å². The lowest BCUT2D eigenvalue weighted by Gasteiger charge is -2.19. The summed E-state index contributed by atoms with van der Waals surface area (Å²) in [5, 5.41) is 3.29. The Balaban J connectivity index is 2.23. The van der Waals surface area contributed by atoms with Crippen LogP contribution in [0, 0.1) is 17.5 Å². The van der Waals surface area contributed by atoms with E-state index in [2.05, 4.69) is 5.32 Å². The van der Waals surface area contributed by atoms with Crippen LogP contribution < -0.4 is 5.32 Å². The number of benzene rings is 2. The number of hydrogen-bond acceptors (Lipinski definition) is 1. The first kappa shape index (κ1) is 15.6. The predicted octanol–water partition coefficient (Wildman–Crippen LogP) is 4.39. The minimum absolute atomic E-state index is 0.179. The number of hydrogen-bond donors (Lipinski definition) is 1. The molecule has 0 saturated heterocycles. The van der Waals surface area contributed by atoms with Crippen molar-refractivity contribution in [3.63, 3.8) is 0 Å². The molecule has 1 atom stereocenters. The summed E-state index contributed by atoms with van der Waals surface area (Å²) in [6.45, 7) is 2.77. The van der Waals surface area contributed by atoms with Crippen molar-refractivity contribution in [2.75, 3.05) is 6.54 Å². The van der Waals surface area contributed by atoms with Crippen molar-refractivity contribution in [3.8, 4) is 0 Å². The van der Waals surface area contributed by atoms with Crippen LogP contribution in [-0.4, -0.2) is 6.54 Å². The minimum Gasteiger partial charge on any atom is -0.310 e. The number of halogens is 3. The Morgan fingerprint density at radius 2 is 1.67 bits per heavy atom. The van der Waals surface area contributed by atoms with E-state index in [9.17, 15) is 13.2 Å². The molecule has 0 spiro atoms. The molecule has 1 nitrogen and oxygen atoms in total. The van der Waals surface area contributed by atoms with Crippen LogP contribution in [0.1, 0.15) is 30.5 Å². The van der Waals surface area contributed by atoms with Gasteiger partial charge in [-0.15, -0.1) is 0 Å². The maximum Gasteiger partial charge on any atom is 0.126 e. The second-order valence-corrected chi connectivity index (χ2v) is 5.04. The van der Waals surface area contributed by atoms with E-state index < -0.39 is 11.6 Å². The van der Waals surface area contributed by atoms with Crippen molar-refractivity contribution in [1.82, 2.24) is 5.32 Å². The van der Waals surface area contributed by atoms with Gasteiger partial charge >= 0.3 is 0 Å². The average Bonchev–Trinajstić information content (AvgIpc) is 2.42. The summed E-state index contributed by atoms with van der Waals surface area (Å²) in [5.74, 6) is -1.52. The van der Waals surface area contributed by atoms with Crippen molar-refractivity contribution in [3.05, 3.63) is 71.0 Å². The molecule has 1 unspecified atom stereocenters. The van der Waals surface area contributed by atoms with Crippen molar-refractivity contribution in [1.29, 1.82) is 0 Å². The van der Waals surface area contributed by atoms with Gasteiger partial charge in [0, 0.05) is 12.1 Å². The Hall–Kier alpha value is -1.81. The highest BCUT2D eigenvalue weighted by Gasteiger charge is 2.13. The van der Waals surface area contributed by atoms with Crippen molar-refractivity contribution >= 4 is 0 Å². The molecule has 21 heavy (non-hydrogen) atoms. The van der Waals surface area contributed by atoms with E-state index >= 15 is 0 Å². The number of rotatable bonds is 6. The first-order valence-corrected chi connectivity index (χ1v) is 7.02. The molecule has 0 fully saturated rings. The first-order valence-electron chi connectivity index (χ1n) is 7.02. The van der Waals surface area contributed by atoms with E-state index in [1.807, 2.05) is 13.0 Å². The highest BCUT2D eigenvalue weighted by atomic mass is 19.1. The molecule has 0 aliphatic carbocycles. The molecular formula is C17H18F3N. The van der Waals surface area contributed by atoms with Crippen molar-refractivity contribution in [2.45, 2.75) is 25.8 Å². The summed E-state index contributed by atoms with van der Waals surface area (Å²) >= 11 is 0. The zero-order valence-electron chi connectivity index (χ0n) is 11.9. The van der Waals surface area contributed by atoms with Crippen LogP contribution in [0.3, 0.4) is 0 Å². The third kappa shape index (κ3) is 4.60. The Labute approximate surface area is 122 Å². The summed E-state index contributed by atoms with van der Waals surface area (Å²) in [6.07, 6.45) is 1.32. The van der Waals surface area contributed by atoms with Crippen LogP contribution in [0.15, 0.2) is 42.5 Å². The monoisotopic (exact) mass is 293 g/mol. The lowest BCUT2D eigenvalue weighted by atomic mass is 9.98. The quantitative estimate of drug-likeness (QED) is 0.833. The fourth-order valence-electron chi connectivity index (χ4n) is 2.31. The summed E-state index contributed by atoms with van der Waals surface area (Å²) in [4.78, 5) is 0. The zero-order valence-corrected chi connectivity index (χ0v) is 11.9. The van der Waals surface area contributed by atoms with E-state index in [4.69, 9.17) is 0 Å². The van der Waals surface area contributed by atoms with Crippen LogP contribution >= 0.6 is 0 Å². The molecule has 0 aromatic heterocycles. The van der Waals surface area contributed by atoms with E-state index in [1.165, 1.54) is 24.3 Å². The first-order chi connectivity index (χ1) is 10.1. The average molecular weight is 293 g/mol. The zero-order chi connectivity index (χ0) is 15.2. The Morgan fingerprint density at radius 3 is 2.29 bits per heavy atom. The predicted molar refractivity (Wildman–Crippen MR) is 77.5 cm³/mol. The third-order valence-electron chi connectivity index (χ3n) is 3.25. The summed E-state index contributed by atoms with van der Waals surface area (Å²) < 4.78 is 39.9. The van der Waals surface area contributed by atoms with Gasteiger partial charge in [0.15, 0.2) is 0 Å². The molecule has 0 saturated carbocycles. The number of nitrogens with one attached hydrogen (secondary N) is 1. The Kier molecular flexibility index (Phi) is 5.39. The maximum absolute atomic E-state index is 13.4. The van der Waals surface area contributed by atoms with Crippen LogP contribution in [0.2, 0.25) is 0 Å².